The van der Waals surface area contributed by atoms with Crippen molar-refractivity contribution in [2.24, 2.45) is 0 Å². The number of halogens is 4. The van der Waals surface area contributed by atoms with Gasteiger partial charge in [-0.15, -0.1) is 0 Å². The number of aliphatic hydroxyl groups is 1. The molecule has 2 atom stereocenters. The normalized spacial score (nSPS) is 18.7. The molecule has 0 unspecified atom stereocenters. The first-order valence-electron chi connectivity index (χ1n) is 6.85. The van der Waals surface area contributed by atoms with E-state index in [0.717, 1.165) is 5.56 Å². The van der Waals surface area contributed by atoms with Crippen LogP contribution in [0.2, 0.25) is 0 Å². The molecule has 2 amide bonds. The molecule has 3 N–H and O–H groups in total. The Kier molecular flexibility index (Phi) is 4.90. The Morgan fingerprint density at radius 3 is 2.82 bits per heavy atom. The van der Waals surface area contributed by atoms with Crippen LogP contribution in [0.4, 0.5) is 22.4 Å². The molecule has 1 aliphatic rings. The van der Waals surface area contributed by atoms with Crippen LogP contribution < -0.4 is 10.6 Å². The molecule has 1 aliphatic carbocycles. The van der Waals surface area contributed by atoms with Crippen LogP contribution in [0, 0.1) is 5.82 Å². The molecule has 0 aromatic heterocycles. The maximum absolute atomic E-state index is 13.2. The molecular formula is C14H16F4N2O2. The summed E-state index contributed by atoms with van der Waals surface area (Å²) in [5, 5.41) is 13.7. The largest absolute Gasteiger partial charge is 0.414 e. The van der Waals surface area contributed by atoms with Crippen LogP contribution in [0.15, 0.2) is 18.2 Å². The van der Waals surface area contributed by atoms with Crippen molar-refractivity contribution in [3.8, 4) is 0 Å². The third-order valence-corrected chi connectivity index (χ3v) is 3.57. The van der Waals surface area contributed by atoms with Gasteiger partial charge in [0.05, 0.1) is 6.04 Å². The van der Waals surface area contributed by atoms with Gasteiger partial charge in [-0.25, -0.2) is 9.18 Å². The molecule has 4 nitrogen and oxygen atoms in total. The molecule has 1 aromatic rings. The first-order valence-corrected chi connectivity index (χ1v) is 6.85. The van der Waals surface area contributed by atoms with Gasteiger partial charge in [0.15, 0.2) is 6.10 Å². The Morgan fingerprint density at radius 2 is 2.14 bits per heavy atom. The van der Waals surface area contributed by atoms with E-state index >= 15 is 0 Å². The minimum Gasteiger partial charge on any atom is -0.384 e. The first-order chi connectivity index (χ1) is 10.3. The van der Waals surface area contributed by atoms with Crippen molar-refractivity contribution in [1.29, 1.82) is 0 Å². The third-order valence-electron chi connectivity index (χ3n) is 3.57. The quantitative estimate of drug-likeness (QED) is 0.746. The van der Waals surface area contributed by atoms with Crippen molar-refractivity contribution in [1.82, 2.24) is 10.6 Å². The predicted molar refractivity (Wildman–Crippen MR) is 70.7 cm³/mol. The van der Waals surface area contributed by atoms with Gasteiger partial charge in [-0.05, 0) is 42.5 Å². The number of hydrogen-bond acceptors (Lipinski definition) is 2. The molecule has 0 saturated carbocycles. The maximum Gasteiger partial charge on any atom is 0.414 e. The van der Waals surface area contributed by atoms with Gasteiger partial charge in [0.25, 0.3) is 0 Å². The summed E-state index contributed by atoms with van der Waals surface area (Å²) in [5.74, 6) is -0.402. The summed E-state index contributed by atoms with van der Waals surface area (Å²) < 4.78 is 49.5. The zero-order valence-electron chi connectivity index (χ0n) is 11.6. The molecule has 0 saturated heterocycles. The van der Waals surface area contributed by atoms with E-state index in [1.54, 1.807) is 6.07 Å². The van der Waals surface area contributed by atoms with Crippen LogP contribution in [0.1, 0.15) is 30.0 Å². The summed E-state index contributed by atoms with van der Waals surface area (Å²) in [6.07, 6.45) is -6.47. The Bertz CT molecular complexity index is 548. The van der Waals surface area contributed by atoms with Crippen LogP contribution in [-0.2, 0) is 6.42 Å². The molecule has 0 radical (unpaired) electrons. The fourth-order valence-corrected chi connectivity index (χ4v) is 2.42. The average molecular weight is 320 g/mol. The maximum atomic E-state index is 13.2. The Labute approximate surface area is 124 Å². The molecule has 0 heterocycles. The molecule has 0 bridgehead atoms. The molecule has 122 valence electrons. The first kappa shape index (κ1) is 16.5. The minimum absolute atomic E-state index is 0.310. The second kappa shape index (κ2) is 6.51. The topological polar surface area (TPSA) is 61.4 Å². The lowest BCUT2D eigenvalue weighted by Crippen LogP contribution is -2.40. The number of aliphatic hydroxyl groups excluding tert-OH is 1. The number of nitrogens with one attached hydrogen (secondary N) is 2. The Balaban J connectivity index is 1.81. The van der Waals surface area contributed by atoms with E-state index < -0.39 is 30.5 Å². The predicted octanol–water partition coefficient (Wildman–Crippen LogP) is 2.43. The number of alkyl halides is 3. The molecule has 2 rings (SSSR count). The van der Waals surface area contributed by atoms with Gasteiger partial charge in [-0.2, -0.15) is 13.2 Å². The summed E-state index contributed by atoms with van der Waals surface area (Å²) >= 11 is 0. The fraction of sp³-hybridized carbons (Fsp3) is 0.500. The summed E-state index contributed by atoms with van der Waals surface area (Å²) in [7, 11) is 0. The Hall–Kier alpha value is -1.83. The monoisotopic (exact) mass is 320 g/mol. The van der Waals surface area contributed by atoms with E-state index in [-0.39, 0.29) is 12.6 Å². The number of aryl methyl sites for hydroxylation is 1. The van der Waals surface area contributed by atoms with Gasteiger partial charge in [0.1, 0.15) is 5.82 Å². The highest BCUT2D eigenvalue weighted by molar-refractivity contribution is 5.74. The number of rotatable bonds is 4. The highest BCUT2D eigenvalue weighted by atomic mass is 19.4. The van der Waals surface area contributed by atoms with Crippen LogP contribution >= 0.6 is 0 Å². The number of carbonyl (C=O) groups excluding carboxylic acids is 1. The number of amides is 2. The molecule has 22 heavy (non-hydrogen) atoms. The van der Waals surface area contributed by atoms with Gasteiger partial charge >= 0.3 is 12.2 Å². The highest BCUT2D eigenvalue weighted by Gasteiger charge is 2.37. The van der Waals surface area contributed by atoms with Crippen molar-refractivity contribution in [3.05, 3.63) is 35.1 Å². The molecular weight excluding hydrogens is 304 g/mol. The van der Waals surface area contributed by atoms with Gasteiger partial charge in [-0.1, -0.05) is 6.07 Å². The van der Waals surface area contributed by atoms with E-state index in [2.05, 4.69) is 10.6 Å². The number of carbonyl (C=O) groups is 1. The number of fused-ring (bicyclic) bond motifs is 1. The van der Waals surface area contributed by atoms with E-state index in [0.29, 0.717) is 18.4 Å². The zero-order chi connectivity index (χ0) is 16.3. The number of hydrogen-bond donors (Lipinski definition) is 3. The van der Waals surface area contributed by atoms with Crippen molar-refractivity contribution in [2.75, 3.05) is 6.54 Å². The molecule has 0 aliphatic heterocycles. The lowest BCUT2D eigenvalue weighted by molar-refractivity contribution is -0.204. The average Bonchev–Trinajstić information content (AvgIpc) is 2.80. The van der Waals surface area contributed by atoms with Crippen LogP contribution in [-0.4, -0.2) is 30.0 Å². The molecule has 8 heteroatoms. The van der Waals surface area contributed by atoms with Gasteiger partial charge < -0.3 is 15.7 Å². The van der Waals surface area contributed by atoms with Crippen LogP contribution in [0.3, 0.4) is 0 Å². The van der Waals surface area contributed by atoms with Crippen molar-refractivity contribution in [3.63, 3.8) is 0 Å². The van der Waals surface area contributed by atoms with Crippen LogP contribution in [0.25, 0.3) is 0 Å². The molecule has 1 aromatic carbocycles. The van der Waals surface area contributed by atoms with Crippen LogP contribution in [0.5, 0.6) is 0 Å². The van der Waals surface area contributed by atoms with E-state index in [9.17, 15) is 22.4 Å². The zero-order valence-corrected chi connectivity index (χ0v) is 11.6. The van der Waals surface area contributed by atoms with Gasteiger partial charge in [-0.3, -0.25) is 0 Å². The van der Waals surface area contributed by atoms with Crippen molar-refractivity contribution < 1.29 is 27.5 Å². The summed E-state index contributed by atoms with van der Waals surface area (Å²) in [6.45, 7) is -0.310. The SMILES string of the molecule is O=C(NCC[C@H](O)C(F)(F)F)N[C@@H]1CCc2ccc(F)cc21. The van der Waals surface area contributed by atoms with Crippen molar-refractivity contribution in [2.45, 2.75) is 37.6 Å². The summed E-state index contributed by atoms with van der Waals surface area (Å²) in [6, 6.07) is 3.35. The lowest BCUT2D eigenvalue weighted by Gasteiger charge is -2.17. The van der Waals surface area contributed by atoms with Gasteiger partial charge in [0, 0.05) is 6.54 Å². The summed E-state index contributed by atoms with van der Waals surface area (Å²) in [5.41, 5.74) is 1.63. The second-order valence-electron chi connectivity index (χ2n) is 5.18. The van der Waals surface area contributed by atoms with Gasteiger partial charge in [0.2, 0.25) is 0 Å². The van der Waals surface area contributed by atoms with Crippen molar-refractivity contribution >= 4 is 6.03 Å². The van der Waals surface area contributed by atoms with E-state index in [1.165, 1.54) is 12.1 Å². The highest BCUT2D eigenvalue weighted by Crippen LogP contribution is 2.31. The molecule has 0 spiro atoms. The number of benzene rings is 1. The third kappa shape index (κ3) is 4.09. The van der Waals surface area contributed by atoms with E-state index in [1.807, 2.05) is 0 Å². The van der Waals surface area contributed by atoms with E-state index in [4.69, 9.17) is 5.11 Å². The smallest absolute Gasteiger partial charge is 0.384 e. The Morgan fingerprint density at radius 1 is 1.41 bits per heavy atom. The molecule has 0 fully saturated rings. The standard InChI is InChI=1S/C14H16F4N2O2/c15-9-3-1-8-2-4-11(10(8)7-9)20-13(22)19-6-5-12(21)14(16,17)18/h1,3,7,11-12,21H,2,4-6H2,(H2,19,20,22)/t11-,12+/m1/s1. The lowest BCUT2D eigenvalue weighted by atomic mass is 10.1. The minimum atomic E-state index is -4.69. The second-order valence-corrected chi connectivity index (χ2v) is 5.18. The summed E-state index contributed by atoms with van der Waals surface area (Å²) in [4.78, 5) is 11.6. The fourth-order valence-electron chi connectivity index (χ4n) is 2.42. The number of urea groups is 1.